The molecular formula is C6H12ClN. The molecule has 1 N–H and O–H groups in total. The van der Waals surface area contributed by atoms with Crippen molar-refractivity contribution in [2.24, 2.45) is 0 Å². The summed E-state index contributed by atoms with van der Waals surface area (Å²) in [7, 11) is 0. The Morgan fingerprint density at radius 2 is 2.38 bits per heavy atom. The van der Waals surface area contributed by atoms with E-state index in [1.807, 2.05) is 6.92 Å². The summed E-state index contributed by atoms with van der Waals surface area (Å²) >= 11 is 5.38. The van der Waals surface area contributed by atoms with Crippen LogP contribution in [0.5, 0.6) is 0 Å². The maximum atomic E-state index is 5.38. The van der Waals surface area contributed by atoms with Crippen molar-refractivity contribution in [2.45, 2.75) is 20.3 Å². The quantitative estimate of drug-likeness (QED) is 0.459. The lowest BCUT2D eigenvalue weighted by Crippen LogP contribution is -2.06. The zero-order valence-electron chi connectivity index (χ0n) is 5.37. The Labute approximate surface area is 55.7 Å². The zero-order valence-corrected chi connectivity index (χ0v) is 6.13. The van der Waals surface area contributed by atoms with E-state index in [9.17, 15) is 0 Å². The van der Waals surface area contributed by atoms with Crippen LogP contribution in [0.2, 0.25) is 0 Å². The van der Waals surface area contributed by atoms with Crippen molar-refractivity contribution in [3.05, 3.63) is 11.8 Å². The number of halogens is 1. The predicted octanol–water partition coefficient (Wildman–Crippen LogP) is 2.09. The molecule has 8 heavy (non-hydrogen) atoms. The SMILES string of the molecule is CC/C=C(\C)NCCl. The maximum Gasteiger partial charge on any atom is 0.0899 e. The fourth-order valence-corrected chi connectivity index (χ4v) is 0.695. The summed E-state index contributed by atoms with van der Waals surface area (Å²) in [5.41, 5.74) is 1.16. The Bertz CT molecular complexity index is 78.6. The highest BCUT2D eigenvalue weighted by Gasteiger charge is 1.79. The van der Waals surface area contributed by atoms with Crippen LogP contribution in [-0.4, -0.2) is 6.00 Å². The largest absolute Gasteiger partial charge is 0.376 e. The number of hydrogen-bond donors (Lipinski definition) is 1. The molecule has 0 atom stereocenters. The van der Waals surface area contributed by atoms with Crippen molar-refractivity contribution in [1.29, 1.82) is 0 Å². The van der Waals surface area contributed by atoms with Crippen molar-refractivity contribution >= 4 is 11.6 Å². The van der Waals surface area contributed by atoms with Gasteiger partial charge in [0, 0.05) is 5.70 Å². The maximum absolute atomic E-state index is 5.38. The number of allylic oxidation sites excluding steroid dienone is 2. The average Bonchev–Trinajstić information content (AvgIpc) is 1.68. The summed E-state index contributed by atoms with van der Waals surface area (Å²) in [6.45, 7) is 4.10. The molecule has 0 radical (unpaired) electrons. The molecule has 0 heterocycles. The van der Waals surface area contributed by atoms with E-state index in [4.69, 9.17) is 11.6 Å². The van der Waals surface area contributed by atoms with E-state index in [1.54, 1.807) is 0 Å². The van der Waals surface area contributed by atoms with Crippen LogP contribution in [0.4, 0.5) is 0 Å². The van der Waals surface area contributed by atoms with Crippen molar-refractivity contribution in [3.8, 4) is 0 Å². The third kappa shape index (κ3) is 4.00. The zero-order chi connectivity index (χ0) is 6.41. The van der Waals surface area contributed by atoms with Crippen LogP contribution in [0.1, 0.15) is 20.3 Å². The van der Waals surface area contributed by atoms with Gasteiger partial charge in [0.15, 0.2) is 0 Å². The van der Waals surface area contributed by atoms with Crippen molar-refractivity contribution in [2.75, 3.05) is 6.00 Å². The molecule has 48 valence electrons. The van der Waals surface area contributed by atoms with Crippen LogP contribution in [0.15, 0.2) is 11.8 Å². The second kappa shape index (κ2) is 4.98. The standard InChI is InChI=1S/C6H12ClN/c1-3-4-6(2)8-5-7/h4,8H,3,5H2,1-2H3/b6-4+. The molecule has 0 rings (SSSR count). The van der Waals surface area contributed by atoms with Crippen LogP contribution in [0, 0.1) is 0 Å². The van der Waals surface area contributed by atoms with Crippen LogP contribution in [0.3, 0.4) is 0 Å². The topological polar surface area (TPSA) is 12.0 Å². The molecule has 0 amide bonds. The summed E-state index contributed by atoms with van der Waals surface area (Å²) < 4.78 is 0. The first kappa shape index (κ1) is 7.83. The Balaban J connectivity index is 3.29. The van der Waals surface area contributed by atoms with Gasteiger partial charge in [-0.15, -0.1) is 11.6 Å². The molecule has 0 unspecified atom stereocenters. The van der Waals surface area contributed by atoms with E-state index in [-0.39, 0.29) is 0 Å². The summed E-state index contributed by atoms with van der Waals surface area (Å²) in [6.07, 6.45) is 3.16. The third-order valence-corrected chi connectivity index (χ3v) is 0.990. The smallest absolute Gasteiger partial charge is 0.0899 e. The second-order valence-corrected chi connectivity index (χ2v) is 1.87. The lowest BCUT2D eigenvalue weighted by atomic mass is 10.4. The van der Waals surface area contributed by atoms with Gasteiger partial charge in [-0.1, -0.05) is 13.0 Å². The first-order valence-electron chi connectivity index (χ1n) is 2.77. The lowest BCUT2D eigenvalue weighted by molar-refractivity contribution is 0.934. The Hall–Kier alpha value is -0.170. The number of rotatable bonds is 3. The molecular weight excluding hydrogens is 122 g/mol. The van der Waals surface area contributed by atoms with E-state index in [0.717, 1.165) is 12.1 Å². The predicted molar refractivity (Wildman–Crippen MR) is 37.9 cm³/mol. The molecule has 0 fully saturated rings. The molecule has 0 bridgehead atoms. The molecule has 1 nitrogen and oxygen atoms in total. The first-order valence-corrected chi connectivity index (χ1v) is 3.31. The Morgan fingerprint density at radius 3 is 2.75 bits per heavy atom. The van der Waals surface area contributed by atoms with Gasteiger partial charge >= 0.3 is 0 Å². The lowest BCUT2D eigenvalue weighted by Gasteiger charge is -1.98. The van der Waals surface area contributed by atoms with Crippen LogP contribution >= 0.6 is 11.6 Å². The number of hydrogen-bond acceptors (Lipinski definition) is 1. The normalized spacial score (nSPS) is 11.6. The molecule has 0 aromatic carbocycles. The fraction of sp³-hybridized carbons (Fsp3) is 0.667. The Morgan fingerprint density at radius 1 is 1.75 bits per heavy atom. The molecule has 0 saturated carbocycles. The van der Waals surface area contributed by atoms with Gasteiger partial charge in [-0.05, 0) is 13.3 Å². The highest BCUT2D eigenvalue weighted by Crippen LogP contribution is 1.88. The minimum absolute atomic E-state index is 0.502. The highest BCUT2D eigenvalue weighted by atomic mass is 35.5. The minimum Gasteiger partial charge on any atom is -0.376 e. The van der Waals surface area contributed by atoms with Crippen LogP contribution in [0.25, 0.3) is 0 Å². The van der Waals surface area contributed by atoms with E-state index in [0.29, 0.717) is 6.00 Å². The van der Waals surface area contributed by atoms with Gasteiger partial charge in [-0.3, -0.25) is 0 Å². The van der Waals surface area contributed by atoms with Gasteiger partial charge in [-0.2, -0.15) is 0 Å². The van der Waals surface area contributed by atoms with E-state index < -0.39 is 0 Å². The minimum atomic E-state index is 0.502. The third-order valence-electron chi connectivity index (χ3n) is 0.856. The van der Waals surface area contributed by atoms with Gasteiger partial charge in [0.2, 0.25) is 0 Å². The summed E-state index contributed by atoms with van der Waals surface area (Å²) in [5.74, 6) is 0. The summed E-state index contributed by atoms with van der Waals surface area (Å²) in [6, 6.07) is 0.502. The molecule has 0 spiro atoms. The van der Waals surface area contributed by atoms with Crippen LogP contribution in [-0.2, 0) is 0 Å². The van der Waals surface area contributed by atoms with Gasteiger partial charge in [-0.25, -0.2) is 0 Å². The average molecular weight is 134 g/mol. The van der Waals surface area contributed by atoms with Crippen molar-refractivity contribution in [1.82, 2.24) is 5.32 Å². The van der Waals surface area contributed by atoms with Crippen LogP contribution < -0.4 is 5.32 Å². The van der Waals surface area contributed by atoms with E-state index in [2.05, 4.69) is 18.3 Å². The van der Waals surface area contributed by atoms with Gasteiger partial charge in [0.25, 0.3) is 0 Å². The van der Waals surface area contributed by atoms with Gasteiger partial charge in [0.05, 0.1) is 6.00 Å². The van der Waals surface area contributed by atoms with Gasteiger partial charge in [0.1, 0.15) is 0 Å². The summed E-state index contributed by atoms with van der Waals surface area (Å²) in [5, 5.41) is 2.97. The van der Waals surface area contributed by atoms with Crippen molar-refractivity contribution < 1.29 is 0 Å². The molecule has 0 aliphatic carbocycles. The molecule has 0 aromatic heterocycles. The van der Waals surface area contributed by atoms with E-state index in [1.165, 1.54) is 0 Å². The summed E-state index contributed by atoms with van der Waals surface area (Å²) in [4.78, 5) is 0. The van der Waals surface area contributed by atoms with Gasteiger partial charge < -0.3 is 5.32 Å². The highest BCUT2D eigenvalue weighted by molar-refractivity contribution is 6.17. The fourth-order valence-electron chi connectivity index (χ4n) is 0.484. The molecule has 2 heteroatoms. The number of alkyl halides is 1. The first-order chi connectivity index (χ1) is 3.81. The number of nitrogens with one attached hydrogen (secondary N) is 1. The molecule has 0 saturated heterocycles. The Kier molecular flexibility index (Phi) is 4.87. The van der Waals surface area contributed by atoms with Crippen molar-refractivity contribution in [3.63, 3.8) is 0 Å². The monoisotopic (exact) mass is 133 g/mol. The van der Waals surface area contributed by atoms with E-state index >= 15 is 0 Å². The molecule has 0 aromatic rings. The molecule has 0 aliphatic rings. The molecule has 0 aliphatic heterocycles. The second-order valence-electron chi connectivity index (χ2n) is 1.61.